The van der Waals surface area contributed by atoms with Crippen molar-refractivity contribution in [3.8, 4) is 5.75 Å². The summed E-state index contributed by atoms with van der Waals surface area (Å²) in [5.74, 6) is -0.704. The summed E-state index contributed by atoms with van der Waals surface area (Å²) in [4.78, 5) is 21.6. The molecule has 0 aliphatic rings. The van der Waals surface area contributed by atoms with E-state index in [9.17, 15) is 9.59 Å². The molecule has 2 amide bonds. The van der Waals surface area contributed by atoms with Crippen LogP contribution >= 0.6 is 0 Å². The summed E-state index contributed by atoms with van der Waals surface area (Å²) >= 11 is 0. The average Bonchev–Trinajstić information content (AvgIpc) is 2.19. The second-order valence-corrected chi connectivity index (χ2v) is 3.09. The molecular weight excluding hydrogens is 196 g/mol. The Kier molecular flexibility index (Phi) is 3.68. The van der Waals surface area contributed by atoms with E-state index in [1.807, 2.05) is 0 Å². The van der Waals surface area contributed by atoms with Crippen LogP contribution in [0.3, 0.4) is 0 Å². The lowest BCUT2D eigenvalue weighted by atomic mass is 10.1. The molecule has 0 saturated heterocycles. The minimum Gasteiger partial charge on any atom is -0.508 e. The molecule has 4 N–H and O–H groups in total. The Morgan fingerprint density at radius 3 is 2.40 bits per heavy atom. The number of phenolic OH excluding ortho intramolecular Hbond substituents is 1. The highest BCUT2D eigenvalue weighted by atomic mass is 16.3. The molecule has 1 rings (SSSR count). The minimum atomic E-state index is -0.575. The molecule has 0 aliphatic heterocycles. The molecule has 5 heteroatoms. The molecule has 15 heavy (non-hydrogen) atoms. The number of nitrogens with two attached hydrogens (primary N) is 1. The third-order valence-electron chi connectivity index (χ3n) is 1.76. The van der Waals surface area contributed by atoms with E-state index in [-0.39, 0.29) is 24.6 Å². The van der Waals surface area contributed by atoms with Gasteiger partial charge in [-0.05, 0) is 17.7 Å². The molecule has 0 bridgehead atoms. The highest BCUT2D eigenvalue weighted by Crippen LogP contribution is 2.09. The Labute approximate surface area is 86.9 Å². The molecular formula is C10H12N2O3. The van der Waals surface area contributed by atoms with E-state index in [2.05, 4.69) is 5.32 Å². The SMILES string of the molecule is NC(=O)CNC(=O)Cc1ccc(O)cc1. The Hall–Kier alpha value is -2.04. The zero-order valence-corrected chi connectivity index (χ0v) is 8.06. The van der Waals surface area contributed by atoms with Gasteiger partial charge in [-0.15, -0.1) is 0 Å². The number of hydrogen-bond acceptors (Lipinski definition) is 3. The maximum absolute atomic E-state index is 11.2. The van der Waals surface area contributed by atoms with E-state index in [4.69, 9.17) is 10.8 Å². The van der Waals surface area contributed by atoms with Gasteiger partial charge in [0.05, 0.1) is 13.0 Å². The van der Waals surface area contributed by atoms with E-state index in [1.54, 1.807) is 12.1 Å². The van der Waals surface area contributed by atoms with Gasteiger partial charge in [-0.3, -0.25) is 9.59 Å². The third-order valence-corrected chi connectivity index (χ3v) is 1.76. The van der Waals surface area contributed by atoms with Crippen LogP contribution in [0.25, 0.3) is 0 Å². The van der Waals surface area contributed by atoms with Gasteiger partial charge in [0, 0.05) is 0 Å². The van der Waals surface area contributed by atoms with Crippen LogP contribution in [0.5, 0.6) is 5.75 Å². The zero-order valence-electron chi connectivity index (χ0n) is 8.06. The van der Waals surface area contributed by atoms with E-state index in [0.29, 0.717) is 0 Å². The van der Waals surface area contributed by atoms with Gasteiger partial charge >= 0.3 is 0 Å². The van der Waals surface area contributed by atoms with Crippen LogP contribution in [0.2, 0.25) is 0 Å². The summed E-state index contributed by atoms with van der Waals surface area (Å²) in [6.45, 7) is -0.156. The maximum atomic E-state index is 11.2. The first kappa shape index (κ1) is 11.0. The van der Waals surface area contributed by atoms with E-state index >= 15 is 0 Å². The predicted octanol–water partition coefficient (Wildman–Crippen LogP) is -0.464. The first-order valence-electron chi connectivity index (χ1n) is 4.41. The topological polar surface area (TPSA) is 92.4 Å². The van der Waals surface area contributed by atoms with Gasteiger partial charge in [0.1, 0.15) is 5.75 Å². The first-order chi connectivity index (χ1) is 7.08. The Morgan fingerprint density at radius 2 is 1.87 bits per heavy atom. The number of hydrogen-bond donors (Lipinski definition) is 3. The average molecular weight is 208 g/mol. The molecule has 0 fully saturated rings. The molecule has 0 unspecified atom stereocenters. The smallest absolute Gasteiger partial charge is 0.236 e. The van der Waals surface area contributed by atoms with Crippen molar-refractivity contribution in [2.75, 3.05) is 6.54 Å². The van der Waals surface area contributed by atoms with Crippen LogP contribution in [0, 0.1) is 0 Å². The zero-order chi connectivity index (χ0) is 11.3. The number of carbonyl (C=O) groups is 2. The van der Waals surface area contributed by atoms with E-state index in [1.165, 1.54) is 12.1 Å². The fourth-order valence-electron chi connectivity index (χ4n) is 1.05. The molecule has 0 aromatic heterocycles. The number of aromatic hydroxyl groups is 1. The largest absolute Gasteiger partial charge is 0.508 e. The van der Waals surface area contributed by atoms with Crippen LogP contribution in [0.1, 0.15) is 5.56 Å². The lowest BCUT2D eigenvalue weighted by molar-refractivity contribution is -0.124. The predicted molar refractivity (Wildman–Crippen MR) is 54.0 cm³/mol. The summed E-state index contributed by atoms with van der Waals surface area (Å²) in [6.07, 6.45) is 0.160. The summed E-state index contributed by atoms with van der Waals surface area (Å²) in [6, 6.07) is 6.27. The third kappa shape index (κ3) is 4.12. The fraction of sp³-hybridized carbons (Fsp3) is 0.200. The van der Waals surface area contributed by atoms with Gasteiger partial charge in [-0.1, -0.05) is 12.1 Å². The van der Waals surface area contributed by atoms with Crippen LogP contribution in [-0.4, -0.2) is 23.5 Å². The lowest BCUT2D eigenvalue weighted by Gasteiger charge is -2.02. The van der Waals surface area contributed by atoms with Crippen molar-refractivity contribution in [3.05, 3.63) is 29.8 Å². The quantitative estimate of drug-likeness (QED) is 0.625. The number of rotatable bonds is 4. The van der Waals surface area contributed by atoms with Gasteiger partial charge in [-0.2, -0.15) is 0 Å². The fourth-order valence-corrected chi connectivity index (χ4v) is 1.05. The van der Waals surface area contributed by atoms with Crippen molar-refractivity contribution < 1.29 is 14.7 Å². The monoisotopic (exact) mass is 208 g/mol. The summed E-state index contributed by atoms with van der Waals surface area (Å²) in [7, 11) is 0. The Balaban J connectivity index is 2.44. The molecule has 1 aromatic carbocycles. The number of benzene rings is 1. The highest BCUT2D eigenvalue weighted by molar-refractivity contribution is 5.84. The molecule has 0 atom stereocenters. The van der Waals surface area contributed by atoms with Gasteiger partial charge < -0.3 is 16.2 Å². The molecule has 1 aromatic rings. The van der Waals surface area contributed by atoms with Crippen molar-refractivity contribution in [2.45, 2.75) is 6.42 Å². The number of nitrogens with one attached hydrogen (secondary N) is 1. The number of primary amides is 1. The molecule has 5 nitrogen and oxygen atoms in total. The summed E-state index contributed by atoms with van der Waals surface area (Å²) < 4.78 is 0. The number of amides is 2. The molecule has 0 spiro atoms. The number of phenols is 1. The van der Waals surface area contributed by atoms with Crippen molar-refractivity contribution in [3.63, 3.8) is 0 Å². The van der Waals surface area contributed by atoms with Gasteiger partial charge in [0.2, 0.25) is 11.8 Å². The van der Waals surface area contributed by atoms with Crippen LogP contribution < -0.4 is 11.1 Å². The standard InChI is InChI=1S/C10H12N2O3/c11-9(14)6-12-10(15)5-7-1-3-8(13)4-2-7/h1-4,13H,5-6H2,(H2,11,14)(H,12,15). The summed E-state index contributed by atoms with van der Waals surface area (Å²) in [5, 5.41) is 11.4. The Bertz CT molecular complexity index is 359. The normalized spacial score (nSPS) is 9.60. The second-order valence-electron chi connectivity index (χ2n) is 3.09. The van der Waals surface area contributed by atoms with Gasteiger partial charge in [0.15, 0.2) is 0 Å². The molecule has 0 aliphatic carbocycles. The Morgan fingerprint density at radius 1 is 1.27 bits per heavy atom. The van der Waals surface area contributed by atoms with Crippen molar-refractivity contribution in [1.29, 1.82) is 0 Å². The number of carbonyl (C=O) groups excluding carboxylic acids is 2. The minimum absolute atomic E-state index is 0.149. The van der Waals surface area contributed by atoms with Gasteiger partial charge in [-0.25, -0.2) is 0 Å². The second kappa shape index (κ2) is 4.99. The van der Waals surface area contributed by atoms with Crippen LogP contribution in [0.4, 0.5) is 0 Å². The maximum Gasteiger partial charge on any atom is 0.236 e. The first-order valence-corrected chi connectivity index (χ1v) is 4.41. The van der Waals surface area contributed by atoms with Crippen molar-refractivity contribution >= 4 is 11.8 Å². The molecule has 0 saturated carbocycles. The highest BCUT2D eigenvalue weighted by Gasteiger charge is 2.03. The van der Waals surface area contributed by atoms with Crippen LogP contribution in [-0.2, 0) is 16.0 Å². The molecule has 0 heterocycles. The molecule has 80 valence electrons. The van der Waals surface area contributed by atoms with E-state index < -0.39 is 5.91 Å². The van der Waals surface area contributed by atoms with Crippen LogP contribution in [0.15, 0.2) is 24.3 Å². The lowest BCUT2D eigenvalue weighted by Crippen LogP contribution is -2.34. The van der Waals surface area contributed by atoms with E-state index in [0.717, 1.165) is 5.56 Å². The summed E-state index contributed by atoms with van der Waals surface area (Å²) in [5.41, 5.74) is 5.63. The van der Waals surface area contributed by atoms with Crippen molar-refractivity contribution in [2.24, 2.45) is 5.73 Å². The van der Waals surface area contributed by atoms with Crippen molar-refractivity contribution in [1.82, 2.24) is 5.32 Å². The molecule has 0 radical (unpaired) electrons. The van der Waals surface area contributed by atoms with Gasteiger partial charge in [0.25, 0.3) is 0 Å².